The molecule has 0 aromatic heterocycles. The Morgan fingerprint density at radius 3 is 2.71 bits per heavy atom. The van der Waals surface area contributed by atoms with Gasteiger partial charge in [-0.25, -0.2) is 4.99 Å². The van der Waals surface area contributed by atoms with Gasteiger partial charge < -0.3 is 24.8 Å². The fourth-order valence-corrected chi connectivity index (χ4v) is 2.07. The van der Waals surface area contributed by atoms with Crippen LogP contribution in [0, 0.1) is 0 Å². The number of halogens is 3. The van der Waals surface area contributed by atoms with Crippen LogP contribution in [0.5, 0.6) is 17.2 Å². The molecular formula is C15H20F3N3O3. The molecule has 0 radical (unpaired) electrons. The van der Waals surface area contributed by atoms with Gasteiger partial charge in [0.2, 0.25) is 6.79 Å². The molecule has 1 aliphatic heterocycles. The molecule has 9 heteroatoms. The minimum Gasteiger partial charge on any atom is -0.454 e. The number of alkyl halides is 3. The van der Waals surface area contributed by atoms with E-state index in [1.54, 1.807) is 6.07 Å². The molecule has 0 amide bonds. The number of benzene rings is 1. The van der Waals surface area contributed by atoms with Gasteiger partial charge in [-0.3, -0.25) is 4.39 Å². The van der Waals surface area contributed by atoms with Gasteiger partial charge >= 0.3 is 6.61 Å². The number of hydrogen-bond acceptors (Lipinski definition) is 4. The first-order valence-corrected chi connectivity index (χ1v) is 7.59. The number of guanidine groups is 1. The van der Waals surface area contributed by atoms with Gasteiger partial charge in [0, 0.05) is 24.7 Å². The number of hydrogen-bond donors (Lipinski definition) is 2. The Balaban J connectivity index is 2.14. The van der Waals surface area contributed by atoms with Gasteiger partial charge in [0.25, 0.3) is 0 Å². The van der Waals surface area contributed by atoms with Crippen LogP contribution in [0.4, 0.5) is 13.2 Å². The quantitative estimate of drug-likeness (QED) is 0.430. The standard InChI is InChI=1S/C15H20F3N3O3/c1-2-19-15(20-5-3-4-16)21-8-10-6-12-13(23-9-22-12)7-11(10)24-14(17)18/h6-7,14H,2-5,8-9H2,1H3,(H2,19,20,21). The van der Waals surface area contributed by atoms with E-state index in [4.69, 9.17) is 9.47 Å². The zero-order valence-electron chi connectivity index (χ0n) is 13.3. The lowest BCUT2D eigenvalue weighted by Crippen LogP contribution is -2.37. The number of fused-ring (bicyclic) bond motifs is 1. The maximum atomic E-state index is 12.6. The van der Waals surface area contributed by atoms with Crippen LogP contribution in [0.1, 0.15) is 18.9 Å². The summed E-state index contributed by atoms with van der Waals surface area (Å²) in [5.41, 5.74) is 0.433. The summed E-state index contributed by atoms with van der Waals surface area (Å²) < 4.78 is 52.3. The molecule has 0 saturated carbocycles. The van der Waals surface area contributed by atoms with Crippen LogP contribution >= 0.6 is 0 Å². The first kappa shape index (κ1) is 18.0. The van der Waals surface area contributed by atoms with Crippen molar-refractivity contribution < 1.29 is 27.4 Å². The first-order valence-electron chi connectivity index (χ1n) is 7.59. The molecular weight excluding hydrogens is 327 g/mol. The zero-order valence-corrected chi connectivity index (χ0v) is 13.3. The van der Waals surface area contributed by atoms with E-state index in [0.717, 1.165) is 0 Å². The third kappa shape index (κ3) is 5.10. The first-order chi connectivity index (χ1) is 11.6. The molecule has 0 aliphatic carbocycles. The van der Waals surface area contributed by atoms with Crippen LogP contribution < -0.4 is 24.8 Å². The molecule has 0 spiro atoms. The van der Waals surface area contributed by atoms with E-state index in [1.807, 2.05) is 6.92 Å². The summed E-state index contributed by atoms with van der Waals surface area (Å²) in [5, 5.41) is 5.95. The van der Waals surface area contributed by atoms with Crippen molar-refractivity contribution in [1.82, 2.24) is 10.6 Å². The fourth-order valence-electron chi connectivity index (χ4n) is 2.07. The second-order valence-corrected chi connectivity index (χ2v) is 4.86. The normalized spacial score (nSPS) is 13.3. The van der Waals surface area contributed by atoms with E-state index in [0.29, 0.717) is 42.5 Å². The number of nitrogens with zero attached hydrogens (tertiary/aromatic N) is 1. The molecule has 1 aromatic rings. The minimum absolute atomic E-state index is 0.0161. The van der Waals surface area contributed by atoms with E-state index in [-0.39, 0.29) is 19.1 Å². The molecule has 0 unspecified atom stereocenters. The Hall–Kier alpha value is -2.32. The number of rotatable bonds is 8. The van der Waals surface area contributed by atoms with Crippen LogP contribution in [0.2, 0.25) is 0 Å². The topological polar surface area (TPSA) is 64.1 Å². The van der Waals surface area contributed by atoms with Gasteiger partial charge in [-0.2, -0.15) is 8.78 Å². The van der Waals surface area contributed by atoms with Crippen molar-refractivity contribution in [2.45, 2.75) is 26.5 Å². The van der Waals surface area contributed by atoms with Gasteiger partial charge in [-0.1, -0.05) is 0 Å². The van der Waals surface area contributed by atoms with Gasteiger partial charge in [-0.05, 0) is 19.4 Å². The Kier molecular flexibility index (Phi) is 6.83. The highest BCUT2D eigenvalue weighted by atomic mass is 19.3. The Labute approximate surface area is 138 Å². The average molecular weight is 347 g/mol. The van der Waals surface area contributed by atoms with E-state index in [9.17, 15) is 13.2 Å². The molecule has 134 valence electrons. The fraction of sp³-hybridized carbons (Fsp3) is 0.533. The molecule has 2 rings (SSSR count). The highest BCUT2D eigenvalue weighted by molar-refractivity contribution is 5.79. The summed E-state index contributed by atoms with van der Waals surface area (Å²) in [5.74, 6) is 1.26. The highest BCUT2D eigenvalue weighted by Gasteiger charge is 2.20. The van der Waals surface area contributed by atoms with E-state index >= 15 is 0 Å². The summed E-state index contributed by atoms with van der Waals surface area (Å²) in [6.07, 6.45) is 0.355. The molecule has 0 fully saturated rings. The lowest BCUT2D eigenvalue weighted by molar-refractivity contribution is -0.0505. The average Bonchev–Trinajstić information content (AvgIpc) is 2.99. The smallest absolute Gasteiger partial charge is 0.387 e. The molecule has 6 nitrogen and oxygen atoms in total. The third-order valence-corrected chi connectivity index (χ3v) is 3.13. The second kappa shape index (κ2) is 9.09. The van der Waals surface area contributed by atoms with Crippen LogP contribution in [-0.2, 0) is 6.54 Å². The third-order valence-electron chi connectivity index (χ3n) is 3.13. The summed E-state index contributed by atoms with van der Waals surface area (Å²) in [4.78, 5) is 4.30. The van der Waals surface area contributed by atoms with Crippen molar-refractivity contribution in [2.24, 2.45) is 4.99 Å². The predicted octanol–water partition coefficient (Wildman–Crippen LogP) is 2.43. The van der Waals surface area contributed by atoms with Crippen molar-refractivity contribution in [3.05, 3.63) is 17.7 Å². The maximum Gasteiger partial charge on any atom is 0.387 e. The van der Waals surface area contributed by atoms with Gasteiger partial charge in [0.05, 0.1) is 13.2 Å². The van der Waals surface area contributed by atoms with Crippen LogP contribution in [0.3, 0.4) is 0 Å². The Morgan fingerprint density at radius 1 is 1.29 bits per heavy atom. The molecule has 2 N–H and O–H groups in total. The molecule has 1 aliphatic rings. The number of ether oxygens (including phenoxy) is 3. The van der Waals surface area contributed by atoms with Gasteiger partial charge in [0.15, 0.2) is 17.5 Å². The monoisotopic (exact) mass is 347 g/mol. The minimum atomic E-state index is -2.95. The lowest BCUT2D eigenvalue weighted by Gasteiger charge is -2.13. The number of nitrogens with one attached hydrogen (secondary N) is 2. The van der Waals surface area contributed by atoms with Crippen LogP contribution in [0.25, 0.3) is 0 Å². The van der Waals surface area contributed by atoms with Gasteiger partial charge in [0.1, 0.15) is 5.75 Å². The molecule has 0 saturated heterocycles. The number of aliphatic imine (C=N–C) groups is 1. The van der Waals surface area contributed by atoms with Crippen LogP contribution in [-0.4, -0.2) is 39.1 Å². The van der Waals surface area contributed by atoms with Crippen molar-refractivity contribution >= 4 is 5.96 Å². The largest absolute Gasteiger partial charge is 0.454 e. The van der Waals surface area contributed by atoms with Crippen molar-refractivity contribution in [3.8, 4) is 17.2 Å². The summed E-state index contributed by atoms with van der Waals surface area (Å²) in [6, 6.07) is 2.93. The summed E-state index contributed by atoms with van der Waals surface area (Å²) in [6.45, 7) is -0.344. The molecule has 0 bridgehead atoms. The second-order valence-electron chi connectivity index (χ2n) is 4.86. The molecule has 0 atom stereocenters. The van der Waals surface area contributed by atoms with Crippen molar-refractivity contribution in [2.75, 3.05) is 26.6 Å². The predicted molar refractivity (Wildman–Crippen MR) is 82.6 cm³/mol. The molecule has 1 heterocycles. The maximum absolute atomic E-state index is 12.6. The van der Waals surface area contributed by atoms with Crippen LogP contribution in [0.15, 0.2) is 17.1 Å². The SMILES string of the molecule is CCNC(=NCc1cc2c(cc1OC(F)F)OCO2)NCCCF. The summed E-state index contributed by atoms with van der Waals surface area (Å²) in [7, 11) is 0. The zero-order chi connectivity index (χ0) is 17.4. The van der Waals surface area contributed by atoms with Crippen molar-refractivity contribution in [3.63, 3.8) is 0 Å². The molecule has 1 aromatic carbocycles. The van der Waals surface area contributed by atoms with Crippen molar-refractivity contribution in [1.29, 1.82) is 0 Å². The van der Waals surface area contributed by atoms with E-state index < -0.39 is 13.3 Å². The lowest BCUT2D eigenvalue weighted by atomic mass is 10.1. The van der Waals surface area contributed by atoms with Gasteiger partial charge in [-0.15, -0.1) is 0 Å². The van der Waals surface area contributed by atoms with E-state index in [1.165, 1.54) is 6.07 Å². The Morgan fingerprint density at radius 2 is 2.04 bits per heavy atom. The van der Waals surface area contributed by atoms with E-state index in [2.05, 4.69) is 20.4 Å². The highest BCUT2D eigenvalue weighted by Crippen LogP contribution is 2.38. The molecule has 24 heavy (non-hydrogen) atoms. The Bertz CT molecular complexity index is 570. The summed E-state index contributed by atoms with van der Waals surface area (Å²) >= 11 is 0.